The summed E-state index contributed by atoms with van der Waals surface area (Å²) in [5, 5.41) is 2.78. The zero-order chi connectivity index (χ0) is 15.4. The molecule has 21 heavy (non-hydrogen) atoms. The van der Waals surface area contributed by atoms with Gasteiger partial charge < -0.3 is 20.5 Å². The minimum atomic E-state index is -0.307. The summed E-state index contributed by atoms with van der Waals surface area (Å²) >= 11 is 0. The number of aromatic nitrogens is 1. The van der Waals surface area contributed by atoms with E-state index < -0.39 is 0 Å². The number of hydrogen-bond donors (Lipinski definition) is 2. The van der Waals surface area contributed by atoms with E-state index in [1.54, 1.807) is 38.3 Å². The van der Waals surface area contributed by atoms with Crippen molar-refractivity contribution >= 4 is 17.3 Å². The van der Waals surface area contributed by atoms with E-state index in [0.29, 0.717) is 34.1 Å². The van der Waals surface area contributed by atoms with Gasteiger partial charge in [-0.05, 0) is 25.1 Å². The molecule has 0 bridgehead atoms. The van der Waals surface area contributed by atoms with Crippen LogP contribution >= 0.6 is 0 Å². The first-order valence-corrected chi connectivity index (χ1v) is 6.30. The summed E-state index contributed by atoms with van der Waals surface area (Å²) in [7, 11) is 3.09. The summed E-state index contributed by atoms with van der Waals surface area (Å²) in [6, 6.07) is 6.75. The molecular formula is C15H17N3O3. The maximum absolute atomic E-state index is 12.4. The van der Waals surface area contributed by atoms with Gasteiger partial charge in [0.05, 0.1) is 43.0 Å². The molecule has 6 nitrogen and oxygen atoms in total. The number of nitrogens with two attached hydrogens (primary N) is 1. The third kappa shape index (κ3) is 3.22. The van der Waals surface area contributed by atoms with Crippen LogP contribution in [-0.2, 0) is 0 Å². The van der Waals surface area contributed by atoms with Crippen LogP contribution in [0.4, 0.5) is 11.4 Å². The molecule has 0 unspecified atom stereocenters. The number of nitrogens with zero attached hydrogens (tertiary/aromatic N) is 1. The third-order valence-corrected chi connectivity index (χ3v) is 3.01. The molecule has 3 N–H and O–H groups in total. The predicted molar refractivity (Wildman–Crippen MR) is 80.9 cm³/mol. The Morgan fingerprint density at radius 2 is 2.00 bits per heavy atom. The summed E-state index contributed by atoms with van der Waals surface area (Å²) in [6.45, 7) is 1.75. The predicted octanol–water partition coefficient (Wildman–Crippen LogP) is 2.24. The number of benzene rings is 1. The van der Waals surface area contributed by atoms with Crippen LogP contribution in [0.5, 0.6) is 11.5 Å². The highest BCUT2D eigenvalue weighted by Crippen LogP contribution is 2.29. The quantitative estimate of drug-likeness (QED) is 0.900. The lowest BCUT2D eigenvalue weighted by Gasteiger charge is -2.12. The Morgan fingerprint density at radius 1 is 1.24 bits per heavy atom. The molecule has 0 fully saturated rings. The molecular weight excluding hydrogens is 270 g/mol. The molecule has 0 aliphatic heterocycles. The number of aryl methyl sites for hydroxylation is 1. The van der Waals surface area contributed by atoms with Crippen LogP contribution in [-0.4, -0.2) is 25.1 Å². The maximum atomic E-state index is 12.4. The normalized spacial score (nSPS) is 10.0. The lowest BCUT2D eigenvalue weighted by molar-refractivity contribution is 0.102. The van der Waals surface area contributed by atoms with Gasteiger partial charge in [0.2, 0.25) is 0 Å². The average Bonchev–Trinajstić information content (AvgIpc) is 2.49. The molecule has 1 aromatic carbocycles. The van der Waals surface area contributed by atoms with Gasteiger partial charge in [0.25, 0.3) is 5.91 Å². The van der Waals surface area contributed by atoms with E-state index in [9.17, 15) is 4.79 Å². The van der Waals surface area contributed by atoms with Crippen molar-refractivity contribution in [3.8, 4) is 11.5 Å². The zero-order valence-corrected chi connectivity index (χ0v) is 12.1. The minimum absolute atomic E-state index is 0.307. The topological polar surface area (TPSA) is 86.5 Å². The Hall–Kier alpha value is -2.76. The maximum Gasteiger partial charge on any atom is 0.257 e. The number of rotatable bonds is 4. The Labute approximate surface area is 122 Å². The van der Waals surface area contributed by atoms with Crippen LogP contribution < -0.4 is 20.5 Å². The van der Waals surface area contributed by atoms with Gasteiger partial charge in [-0.15, -0.1) is 0 Å². The second-order valence-corrected chi connectivity index (χ2v) is 4.42. The molecule has 0 saturated carbocycles. The van der Waals surface area contributed by atoms with Gasteiger partial charge in [-0.3, -0.25) is 9.78 Å². The number of carbonyl (C=O) groups excluding carboxylic acids is 1. The number of amides is 1. The van der Waals surface area contributed by atoms with Gasteiger partial charge in [0, 0.05) is 6.07 Å². The number of hydrogen-bond acceptors (Lipinski definition) is 5. The molecule has 2 aromatic rings. The summed E-state index contributed by atoms with van der Waals surface area (Å²) in [4.78, 5) is 16.4. The number of carbonyl (C=O) groups is 1. The van der Waals surface area contributed by atoms with Gasteiger partial charge in [0.15, 0.2) is 0 Å². The first-order valence-electron chi connectivity index (χ1n) is 6.30. The molecule has 0 aliphatic rings. The van der Waals surface area contributed by atoms with E-state index in [2.05, 4.69) is 10.3 Å². The molecule has 0 saturated heterocycles. The summed E-state index contributed by atoms with van der Waals surface area (Å²) in [5.74, 6) is 0.853. The molecule has 6 heteroatoms. The highest BCUT2D eigenvalue weighted by atomic mass is 16.5. The van der Waals surface area contributed by atoms with E-state index in [1.165, 1.54) is 13.3 Å². The fourth-order valence-electron chi connectivity index (χ4n) is 1.88. The molecule has 1 amide bonds. The van der Waals surface area contributed by atoms with Crippen molar-refractivity contribution in [2.75, 3.05) is 25.3 Å². The van der Waals surface area contributed by atoms with E-state index >= 15 is 0 Å². The Morgan fingerprint density at radius 3 is 2.67 bits per heavy atom. The Bertz CT molecular complexity index is 671. The van der Waals surface area contributed by atoms with Crippen molar-refractivity contribution in [3.05, 3.63) is 41.7 Å². The monoisotopic (exact) mass is 287 g/mol. The minimum Gasteiger partial charge on any atom is -0.497 e. The molecule has 0 radical (unpaired) electrons. The van der Waals surface area contributed by atoms with E-state index in [1.807, 2.05) is 0 Å². The highest BCUT2D eigenvalue weighted by Gasteiger charge is 2.14. The third-order valence-electron chi connectivity index (χ3n) is 3.01. The Kier molecular flexibility index (Phi) is 4.27. The van der Waals surface area contributed by atoms with Crippen LogP contribution in [0, 0.1) is 6.92 Å². The van der Waals surface area contributed by atoms with Gasteiger partial charge in [-0.1, -0.05) is 0 Å². The van der Waals surface area contributed by atoms with Gasteiger partial charge >= 0.3 is 0 Å². The van der Waals surface area contributed by atoms with Crippen molar-refractivity contribution in [1.29, 1.82) is 0 Å². The van der Waals surface area contributed by atoms with Crippen molar-refractivity contribution < 1.29 is 14.3 Å². The van der Waals surface area contributed by atoms with Crippen molar-refractivity contribution in [1.82, 2.24) is 4.98 Å². The van der Waals surface area contributed by atoms with Crippen LogP contribution in [0.2, 0.25) is 0 Å². The summed E-state index contributed by atoms with van der Waals surface area (Å²) in [6.07, 6.45) is 1.51. The number of anilines is 2. The van der Waals surface area contributed by atoms with E-state index in [0.717, 1.165) is 0 Å². The lowest BCUT2D eigenvalue weighted by Crippen LogP contribution is -2.15. The fourth-order valence-corrected chi connectivity index (χ4v) is 1.88. The second-order valence-electron chi connectivity index (χ2n) is 4.42. The first kappa shape index (κ1) is 14.6. The van der Waals surface area contributed by atoms with Gasteiger partial charge in [-0.25, -0.2) is 0 Å². The molecule has 0 spiro atoms. The fraction of sp³-hybridized carbons (Fsp3) is 0.200. The van der Waals surface area contributed by atoms with Crippen molar-refractivity contribution in [2.24, 2.45) is 0 Å². The average molecular weight is 287 g/mol. The first-order chi connectivity index (χ1) is 10.0. The molecule has 110 valence electrons. The van der Waals surface area contributed by atoms with Crippen molar-refractivity contribution in [2.45, 2.75) is 6.92 Å². The SMILES string of the molecule is COc1ccc(OC)c(NC(=O)c2cc(N)cnc2C)c1. The summed E-state index contributed by atoms with van der Waals surface area (Å²) < 4.78 is 10.4. The standard InChI is InChI=1S/C15H17N3O3/c1-9-12(6-10(16)8-17-9)15(19)18-13-7-11(20-2)4-5-14(13)21-3/h4-8H,16H2,1-3H3,(H,18,19). The van der Waals surface area contributed by atoms with E-state index in [4.69, 9.17) is 15.2 Å². The van der Waals surface area contributed by atoms with Crippen LogP contribution in [0.1, 0.15) is 16.1 Å². The Balaban J connectivity index is 2.32. The van der Waals surface area contributed by atoms with Crippen molar-refractivity contribution in [3.63, 3.8) is 0 Å². The number of methoxy groups -OCH3 is 2. The zero-order valence-electron chi connectivity index (χ0n) is 12.1. The summed E-state index contributed by atoms with van der Waals surface area (Å²) in [5.41, 5.74) is 7.64. The van der Waals surface area contributed by atoms with Crippen LogP contribution in [0.25, 0.3) is 0 Å². The number of ether oxygens (including phenoxy) is 2. The highest BCUT2D eigenvalue weighted by molar-refractivity contribution is 6.06. The van der Waals surface area contributed by atoms with Gasteiger partial charge in [-0.2, -0.15) is 0 Å². The number of nitrogens with one attached hydrogen (secondary N) is 1. The molecule has 0 aliphatic carbocycles. The molecule has 0 atom stereocenters. The largest absolute Gasteiger partial charge is 0.497 e. The second kappa shape index (κ2) is 6.13. The molecule has 1 heterocycles. The number of pyridine rings is 1. The van der Waals surface area contributed by atoms with Gasteiger partial charge in [0.1, 0.15) is 11.5 Å². The van der Waals surface area contributed by atoms with Crippen LogP contribution in [0.15, 0.2) is 30.5 Å². The van der Waals surface area contributed by atoms with Crippen LogP contribution in [0.3, 0.4) is 0 Å². The molecule has 2 rings (SSSR count). The number of nitrogen functional groups attached to an aromatic ring is 1. The smallest absolute Gasteiger partial charge is 0.257 e. The van der Waals surface area contributed by atoms with E-state index in [-0.39, 0.29) is 5.91 Å². The lowest BCUT2D eigenvalue weighted by atomic mass is 10.1. The molecule has 1 aromatic heterocycles.